The molecule has 1 heterocycles. The molecule has 0 saturated heterocycles. The van der Waals surface area contributed by atoms with Gasteiger partial charge in [0.1, 0.15) is 0 Å². The van der Waals surface area contributed by atoms with Crippen LogP contribution in [0.5, 0.6) is 0 Å². The topological polar surface area (TPSA) is 80.6 Å². The molecule has 1 atom stereocenters. The maximum absolute atomic E-state index is 11.5. The summed E-state index contributed by atoms with van der Waals surface area (Å²) in [5, 5.41) is 18.0. The van der Waals surface area contributed by atoms with Crippen molar-refractivity contribution in [1.29, 1.82) is 0 Å². The van der Waals surface area contributed by atoms with E-state index in [4.69, 9.17) is 4.18 Å². The number of hydrogen-bond donors (Lipinski definition) is 2. The minimum atomic E-state index is -3.60. The predicted octanol–water partition coefficient (Wildman–Crippen LogP) is 3.78. The average molecular weight is 441 g/mol. The molecule has 0 radical (unpaired) electrons. The van der Waals surface area contributed by atoms with Gasteiger partial charge in [-0.25, -0.2) is 0 Å². The Morgan fingerprint density at radius 3 is 2.42 bits per heavy atom. The molecule has 0 amide bonds. The first kappa shape index (κ1) is 21.8. The van der Waals surface area contributed by atoms with Crippen LogP contribution in [0.4, 0.5) is 0 Å². The molecule has 2 N–H and O–H groups in total. The normalized spacial score (nSPS) is 14.5. The fourth-order valence-electron chi connectivity index (χ4n) is 4.18. The van der Waals surface area contributed by atoms with Crippen LogP contribution in [-0.2, 0) is 27.4 Å². The van der Waals surface area contributed by atoms with Crippen LogP contribution in [0.1, 0.15) is 19.4 Å². The van der Waals surface area contributed by atoms with Crippen LogP contribution < -0.4 is 5.32 Å². The zero-order valence-corrected chi connectivity index (χ0v) is 18.9. The largest absolute Gasteiger partial charge is 0.394 e. The quantitative estimate of drug-likeness (QED) is 0.408. The van der Waals surface area contributed by atoms with Gasteiger partial charge in [-0.3, -0.25) is 4.18 Å². The number of fused-ring (bicyclic) bond motifs is 4. The van der Waals surface area contributed by atoms with Crippen molar-refractivity contribution < 1.29 is 17.7 Å². The van der Waals surface area contributed by atoms with Crippen molar-refractivity contribution in [3.8, 4) is 0 Å². The summed E-state index contributed by atoms with van der Waals surface area (Å²) in [6, 6.07) is 18.9. The average Bonchev–Trinajstić information content (AvgIpc) is 3.08. The van der Waals surface area contributed by atoms with Gasteiger partial charge in [0.15, 0.2) is 0 Å². The van der Waals surface area contributed by atoms with Crippen LogP contribution in [0.2, 0.25) is 0 Å². The van der Waals surface area contributed by atoms with Crippen molar-refractivity contribution in [3.05, 3.63) is 60.2 Å². The third-order valence-electron chi connectivity index (χ3n) is 5.83. The molecule has 0 saturated carbocycles. The van der Waals surface area contributed by atoms with Crippen LogP contribution in [-0.4, -0.2) is 43.1 Å². The Balaban J connectivity index is 1.87. The second-order valence-electron chi connectivity index (χ2n) is 8.27. The monoisotopic (exact) mass is 440 g/mol. The van der Waals surface area contributed by atoms with Crippen LogP contribution >= 0.6 is 0 Å². The van der Waals surface area contributed by atoms with E-state index in [0.717, 1.165) is 34.7 Å². The number of hydrogen-bond acceptors (Lipinski definition) is 5. The number of aromatic nitrogens is 1. The van der Waals surface area contributed by atoms with Gasteiger partial charge in [0.2, 0.25) is 0 Å². The Morgan fingerprint density at radius 1 is 1.06 bits per heavy atom. The van der Waals surface area contributed by atoms with Crippen molar-refractivity contribution in [1.82, 2.24) is 9.88 Å². The highest BCUT2D eigenvalue weighted by atomic mass is 32.2. The zero-order valence-electron chi connectivity index (χ0n) is 18.1. The summed E-state index contributed by atoms with van der Waals surface area (Å²) in [6.45, 7) is 4.77. The lowest BCUT2D eigenvalue weighted by atomic mass is 9.98. The minimum Gasteiger partial charge on any atom is -0.394 e. The van der Waals surface area contributed by atoms with E-state index in [2.05, 4.69) is 59.3 Å². The van der Waals surface area contributed by atoms with Gasteiger partial charge in [0, 0.05) is 29.4 Å². The van der Waals surface area contributed by atoms with Gasteiger partial charge in [0.05, 0.1) is 30.5 Å². The summed E-state index contributed by atoms with van der Waals surface area (Å²) in [5.41, 5.74) is 2.54. The van der Waals surface area contributed by atoms with E-state index < -0.39 is 15.7 Å². The Labute approximate surface area is 182 Å². The van der Waals surface area contributed by atoms with Crippen molar-refractivity contribution in [2.45, 2.75) is 32.5 Å². The number of aliphatic hydroxyl groups excluding tert-OH is 1. The molecule has 0 bridgehead atoms. The van der Waals surface area contributed by atoms with E-state index in [1.165, 1.54) is 16.3 Å². The van der Waals surface area contributed by atoms with Gasteiger partial charge in [-0.05, 0) is 42.3 Å². The predicted molar refractivity (Wildman–Crippen MR) is 126 cm³/mol. The molecule has 0 aliphatic carbocycles. The van der Waals surface area contributed by atoms with Gasteiger partial charge < -0.3 is 15.0 Å². The van der Waals surface area contributed by atoms with Crippen LogP contribution in [0, 0.1) is 0 Å². The van der Waals surface area contributed by atoms with E-state index in [1.54, 1.807) is 6.92 Å². The molecule has 0 aliphatic heterocycles. The maximum atomic E-state index is 11.5. The van der Waals surface area contributed by atoms with Crippen LogP contribution in [0.3, 0.4) is 0 Å². The fraction of sp³-hybridized carbons (Fsp3) is 0.333. The van der Waals surface area contributed by atoms with E-state index in [1.807, 2.05) is 12.1 Å². The van der Waals surface area contributed by atoms with Gasteiger partial charge in [-0.1, -0.05) is 42.5 Å². The fourth-order valence-corrected chi connectivity index (χ4v) is 4.66. The SMILES string of the molecule is CCn1c2ccccc2c2cc3ccccc3c(CNC(C)(CO)COS(C)(=O)=O)c21. The Morgan fingerprint density at radius 2 is 1.74 bits per heavy atom. The lowest BCUT2D eigenvalue weighted by molar-refractivity contribution is 0.118. The summed E-state index contributed by atoms with van der Waals surface area (Å²) in [4.78, 5) is 0. The number of benzene rings is 3. The summed E-state index contributed by atoms with van der Waals surface area (Å²) in [5.74, 6) is 0. The van der Waals surface area contributed by atoms with Gasteiger partial charge >= 0.3 is 0 Å². The molecule has 3 aromatic carbocycles. The Hall–Kier alpha value is -2.45. The Kier molecular flexibility index (Phi) is 5.79. The molecule has 1 aromatic heterocycles. The second kappa shape index (κ2) is 8.24. The maximum Gasteiger partial charge on any atom is 0.264 e. The van der Waals surface area contributed by atoms with Crippen molar-refractivity contribution >= 4 is 42.7 Å². The standard InChI is InChI=1S/C24H28N2O4S/c1-4-26-22-12-8-7-11-19(22)20-13-17-9-5-6-10-18(17)21(23(20)26)14-25-24(2,15-27)16-30-31(3,28)29/h5-13,25,27H,4,14-16H2,1-3H3. The molecular formula is C24H28N2O4S. The molecular weight excluding hydrogens is 412 g/mol. The van der Waals surface area contributed by atoms with Crippen LogP contribution in [0.25, 0.3) is 32.6 Å². The zero-order chi connectivity index (χ0) is 22.2. The van der Waals surface area contributed by atoms with Crippen molar-refractivity contribution in [2.24, 2.45) is 0 Å². The molecule has 0 spiro atoms. The van der Waals surface area contributed by atoms with Crippen LogP contribution in [0.15, 0.2) is 54.6 Å². The highest BCUT2D eigenvalue weighted by molar-refractivity contribution is 7.85. The van der Waals surface area contributed by atoms with Crippen molar-refractivity contribution in [2.75, 3.05) is 19.5 Å². The van der Waals surface area contributed by atoms with Gasteiger partial charge in [0.25, 0.3) is 10.1 Å². The molecule has 0 aliphatic rings. The molecule has 4 rings (SSSR count). The molecule has 7 heteroatoms. The lowest BCUT2D eigenvalue weighted by Crippen LogP contribution is -2.49. The number of nitrogens with zero attached hydrogens (tertiary/aromatic N) is 1. The third-order valence-corrected chi connectivity index (χ3v) is 6.38. The third kappa shape index (κ3) is 4.19. The van der Waals surface area contributed by atoms with E-state index in [-0.39, 0.29) is 13.2 Å². The molecule has 1 unspecified atom stereocenters. The summed E-state index contributed by atoms with van der Waals surface area (Å²) < 4.78 is 30.2. The number of nitrogens with one attached hydrogen (secondary N) is 1. The number of aryl methyl sites for hydroxylation is 1. The van der Waals surface area contributed by atoms with Gasteiger partial charge in [-0.2, -0.15) is 8.42 Å². The van der Waals surface area contributed by atoms with E-state index in [0.29, 0.717) is 6.54 Å². The number of para-hydroxylation sites is 1. The summed E-state index contributed by atoms with van der Waals surface area (Å²) in [7, 11) is -3.60. The Bertz CT molecular complexity index is 1360. The first-order valence-electron chi connectivity index (χ1n) is 10.4. The summed E-state index contributed by atoms with van der Waals surface area (Å²) in [6.07, 6.45) is 1.01. The highest BCUT2D eigenvalue weighted by Gasteiger charge is 2.26. The molecule has 6 nitrogen and oxygen atoms in total. The lowest BCUT2D eigenvalue weighted by Gasteiger charge is -2.28. The van der Waals surface area contributed by atoms with E-state index in [9.17, 15) is 13.5 Å². The molecule has 164 valence electrons. The summed E-state index contributed by atoms with van der Waals surface area (Å²) >= 11 is 0. The first-order valence-corrected chi connectivity index (χ1v) is 12.2. The van der Waals surface area contributed by atoms with Crippen molar-refractivity contribution in [3.63, 3.8) is 0 Å². The smallest absolute Gasteiger partial charge is 0.264 e. The molecule has 31 heavy (non-hydrogen) atoms. The number of aliphatic hydroxyl groups is 1. The minimum absolute atomic E-state index is 0.146. The number of rotatable bonds is 8. The first-order chi connectivity index (χ1) is 14.8. The molecule has 4 aromatic rings. The molecule has 0 fully saturated rings. The van der Waals surface area contributed by atoms with E-state index >= 15 is 0 Å². The van der Waals surface area contributed by atoms with Gasteiger partial charge in [-0.15, -0.1) is 0 Å². The highest BCUT2D eigenvalue weighted by Crippen LogP contribution is 2.36. The second-order valence-corrected chi connectivity index (χ2v) is 9.92.